The maximum absolute atomic E-state index is 12.9. The second-order valence-electron chi connectivity index (χ2n) is 8.31. The quantitative estimate of drug-likeness (QED) is 0.237. The number of ether oxygens (including phenoxy) is 2. The van der Waals surface area contributed by atoms with Gasteiger partial charge >= 0.3 is 16.1 Å². The summed E-state index contributed by atoms with van der Waals surface area (Å²) in [6.07, 6.45) is 0.964. The predicted octanol–water partition coefficient (Wildman–Crippen LogP) is 4.45. The summed E-state index contributed by atoms with van der Waals surface area (Å²) in [5.74, 6) is -2.01. The van der Waals surface area contributed by atoms with Crippen molar-refractivity contribution in [3.63, 3.8) is 0 Å². The van der Waals surface area contributed by atoms with Crippen molar-refractivity contribution >= 4 is 68.3 Å². The lowest BCUT2D eigenvalue weighted by atomic mass is 10.2. The molecule has 1 heterocycles. The number of halogens is 1. The van der Waals surface area contributed by atoms with Gasteiger partial charge in [0.1, 0.15) is 11.4 Å². The molecular formula is C25H25ClN2O9S2. The number of esters is 1. The van der Waals surface area contributed by atoms with Gasteiger partial charge in [-0.2, -0.15) is 8.42 Å². The van der Waals surface area contributed by atoms with E-state index in [1.807, 2.05) is 0 Å². The molecule has 1 N–H and O–H groups in total. The molecule has 1 saturated heterocycles. The number of carbonyl (C=O) groups is 4. The normalized spacial score (nSPS) is 14.6. The lowest BCUT2D eigenvalue weighted by Crippen LogP contribution is -2.35. The van der Waals surface area contributed by atoms with Gasteiger partial charge in [-0.15, -0.1) is 0 Å². The highest BCUT2D eigenvalue weighted by Gasteiger charge is 2.37. The molecule has 0 bridgehead atoms. The van der Waals surface area contributed by atoms with Crippen molar-refractivity contribution in [2.24, 2.45) is 0 Å². The molecule has 1 fully saturated rings. The topological polar surface area (TPSA) is 145 Å². The Balaban J connectivity index is 1.87. The zero-order valence-corrected chi connectivity index (χ0v) is 23.7. The number of carbonyl (C=O) groups excluding carboxylic acids is 4. The minimum Gasteiger partial charge on any atom is -0.490 e. The number of anilines is 1. The maximum atomic E-state index is 12.9. The van der Waals surface area contributed by atoms with Gasteiger partial charge in [0.15, 0.2) is 5.75 Å². The number of benzene rings is 2. The van der Waals surface area contributed by atoms with Gasteiger partial charge in [0.05, 0.1) is 22.6 Å². The maximum Gasteiger partial charge on any atom is 0.339 e. The first-order chi connectivity index (χ1) is 18.3. The molecule has 0 unspecified atom stereocenters. The highest BCUT2D eigenvalue weighted by Crippen LogP contribution is 2.40. The Kier molecular flexibility index (Phi) is 9.64. The summed E-state index contributed by atoms with van der Waals surface area (Å²) in [6, 6.07) is 8.08. The van der Waals surface area contributed by atoms with E-state index in [0.29, 0.717) is 23.0 Å². The molecule has 2 aromatic carbocycles. The summed E-state index contributed by atoms with van der Waals surface area (Å²) in [4.78, 5) is 48.8. The van der Waals surface area contributed by atoms with Crippen molar-refractivity contribution in [1.82, 2.24) is 4.90 Å². The molecule has 0 radical (unpaired) electrons. The van der Waals surface area contributed by atoms with Crippen LogP contribution in [0.2, 0.25) is 5.02 Å². The third kappa shape index (κ3) is 7.74. The Morgan fingerprint density at radius 3 is 2.41 bits per heavy atom. The Bertz CT molecular complexity index is 1440. The Labute approximate surface area is 234 Å². The third-order valence-corrected chi connectivity index (χ3v) is 7.24. The summed E-state index contributed by atoms with van der Waals surface area (Å²) >= 11 is 7.00. The number of imide groups is 1. The molecule has 208 valence electrons. The molecule has 14 heteroatoms. The third-order valence-electron chi connectivity index (χ3n) is 4.81. The molecule has 0 atom stereocenters. The summed E-state index contributed by atoms with van der Waals surface area (Å²) in [7, 11) is -4.35. The molecular weight excluding hydrogens is 572 g/mol. The van der Waals surface area contributed by atoms with Gasteiger partial charge in [-0.1, -0.05) is 11.6 Å². The molecule has 3 rings (SSSR count). The number of nitrogens with zero attached hydrogens (tertiary/aromatic N) is 1. The van der Waals surface area contributed by atoms with Gasteiger partial charge in [0.25, 0.3) is 11.1 Å². The summed E-state index contributed by atoms with van der Waals surface area (Å²) in [5.41, 5.74) is 0.725. The van der Waals surface area contributed by atoms with Crippen LogP contribution in [0.3, 0.4) is 0 Å². The fourth-order valence-corrected chi connectivity index (χ4v) is 5.40. The largest absolute Gasteiger partial charge is 0.490 e. The standard InChI is InChI=1S/C25H25ClN2O9S2/c1-5-35-20-11-16(12-21-24(31)28(25(32)38-21)13-22(30)36-14(2)3)10-19(26)23(20)37-39(33,34)18-8-6-17(7-9-18)27-15(4)29/h6-12,14H,5,13H2,1-4H3,(H,27,29)/b21-12-. The lowest BCUT2D eigenvalue weighted by Gasteiger charge is -2.15. The van der Waals surface area contributed by atoms with Crippen LogP contribution in [0, 0.1) is 0 Å². The van der Waals surface area contributed by atoms with Gasteiger partial charge in [0, 0.05) is 12.6 Å². The SMILES string of the molecule is CCOc1cc(/C=C2\SC(=O)N(CC(=O)OC(C)C)C2=O)cc(Cl)c1OS(=O)(=O)c1ccc(NC(C)=O)cc1. The molecule has 3 amide bonds. The van der Waals surface area contributed by atoms with Gasteiger partial charge in [-0.25, -0.2) is 0 Å². The van der Waals surface area contributed by atoms with E-state index in [4.69, 9.17) is 25.3 Å². The first-order valence-electron chi connectivity index (χ1n) is 11.5. The fraction of sp³-hybridized carbons (Fsp3) is 0.280. The smallest absolute Gasteiger partial charge is 0.339 e. The summed E-state index contributed by atoms with van der Waals surface area (Å²) < 4.78 is 41.7. The van der Waals surface area contributed by atoms with E-state index in [9.17, 15) is 27.6 Å². The van der Waals surface area contributed by atoms with Crippen LogP contribution in [-0.2, 0) is 29.2 Å². The zero-order valence-electron chi connectivity index (χ0n) is 21.3. The van der Waals surface area contributed by atoms with Crippen molar-refractivity contribution in [2.75, 3.05) is 18.5 Å². The number of nitrogens with one attached hydrogen (secondary N) is 1. The van der Waals surface area contributed by atoms with Crippen LogP contribution in [-0.4, -0.2) is 55.6 Å². The van der Waals surface area contributed by atoms with Crippen molar-refractivity contribution in [1.29, 1.82) is 0 Å². The van der Waals surface area contributed by atoms with Gasteiger partial charge in [-0.05, 0) is 80.6 Å². The van der Waals surface area contributed by atoms with Crippen LogP contribution < -0.4 is 14.2 Å². The number of hydrogen-bond donors (Lipinski definition) is 1. The van der Waals surface area contributed by atoms with Crippen LogP contribution in [0.25, 0.3) is 6.08 Å². The molecule has 1 aliphatic rings. The highest BCUT2D eigenvalue weighted by molar-refractivity contribution is 8.18. The van der Waals surface area contributed by atoms with E-state index < -0.39 is 39.9 Å². The molecule has 0 spiro atoms. The summed E-state index contributed by atoms with van der Waals surface area (Å²) in [5, 5.41) is 1.76. The molecule has 0 aliphatic carbocycles. The molecule has 1 aliphatic heterocycles. The minimum atomic E-state index is -4.35. The average molecular weight is 597 g/mol. The van der Waals surface area contributed by atoms with E-state index in [0.717, 1.165) is 4.90 Å². The monoisotopic (exact) mass is 596 g/mol. The molecule has 0 saturated carbocycles. The van der Waals surface area contributed by atoms with Crippen LogP contribution in [0.15, 0.2) is 46.2 Å². The van der Waals surface area contributed by atoms with Crippen LogP contribution in [0.1, 0.15) is 33.3 Å². The van der Waals surface area contributed by atoms with E-state index >= 15 is 0 Å². The highest BCUT2D eigenvalue weighted by atomic mass is 35.5. The van der Waals surface area contributed by atoms with Gasteiger partial charge in [0.2, 0.25) is 11.7 Å². The number of hydrogen-bond acceptors (Lipinski definition) is 10. The number of thioether (sulfide) groups is 1. The first kappa shape index (κ1) is 30.0. The van der Waals surface area contributed by atoms with Crippen LogP contribution >= 0.6 is 23.4 Å². The molecule has 0 aromatic heterocycles. The summed E-state index contributed by atoms with van der Waals surface area (Å²) in [6.45, 7) is 5.89. The average Bonchev–Trinajstić information content (AvgIpc) is 3.08. The van der Waals surface area contributed by atoms with E-state index in [-0.39, 0.29) is 38.8 Å². The number of amides is 3. The first-order valence-corrected chi connectivity index (χ1v) is 14.1. The van der Waals surface area contributed by atoms with Crippen molar-refractivity contribution < 1.29 is 41.3 Å². The van der Waals surface area contributed by atoms with Crippen molar-refractivity contribution in [2.45, 2.75) is 38.7 Å². The van der Waals surface area contributed by atoms with Crippen LogP contribution in [0.5, 0.6) is 11.5 Å². The second-order valence-corrected chi connectivity index (χ2v) is 11.3. The lowest BCUT2D eigenvalue weighted by molar-refractivity contribution is -0.149. The molecule has 39 heavy (non-hydrogen) atoms. The predicted molar refractivity (Wildman–Crippen MR) is 145 cm³/mol. The number of rotatable bonds is 10. The van der Waals surface area contributed by atoms with E-state index in [2.05, 4.69) is 5.32 Å². The minimum absolute atomic E-state index is 0.0190. The Hall–Kier alpha value is -3.55. The van der Waals surface area contributed by atoms with Gasteiger partial charge in [-0.3, -0.25) is 24.1 Å². The fourth-order valence-electron chi connectivity index (χ4n) is 3.30. The van der Waals surface area contributed by atoms with Crippen molar-refractivity contribution in [3.05, 3.63) is 51.9 Å². The Morgan fingerprint density at radius 1 is 1.15 bits per heavy atom. The Morgan fingerprint density at radius 2 is 1.82 bits per heavy atom. The van der Waals surface area contributed by atoms with E-state index in [1.54, 1.807) is 20.8 Å². The van der Waals surface area contributed by atoms with Crippen molar-refractivity contribution in [3.8, 4) is 11.5 Å². The zero-order chi connectivity index (χ0) is 28.9. The molecule has 2 aromatic rings. The van der Waals surface area contributed by atoms with Gasteiger partial charge < -0.3 is 19.0 Å². The second kappa shape index (κ2) is 12.5. The van der Waals surface area contributed by atoms with E-state index in [1.165, 1.54) is 49.4 Å². The van der Waals surface area contributed by atoms with Crippen LogP contribution in [0.4, 0.5) is 10.5 Å². The molecule has 11 nitrogen and oxygen atoms in total.